The van der Waals surface area contributed by atoms with Crippen molar-refractivity contribution in [3.63, 3.8) is 0 Å². The summed E-state index contributed by atoms with van der Waals surface area (Å²) >= 11 is 0. The Kier molecular flexibility index (Phi) is 2.62. The maximum absolute atomic E-state index is 12.2. The molecule has 0 saturated heterocycles. The van der Waals surface area contributed by atoms with E-state index in [2.05, 4.69) is 4.74 Å². The summed E-state index contributed by atoms with van der Waals surface area (Å²) in [6.45, 7) is -0.177. The fourth-order valence-electron chi connectivity index (χ4n) is 0.822. The van der Waals surface area contributed by atoms with Crippen molar-refractivity contribution in [3.05, 3.63) is 0 Å². The normalized spacial score (nSPS) is 17.8. The standard InChI is InChI=1S/C7H10F2O3/c8-7(9,6(10)11)12-4-3-5-1-2-5/h5H,1-4H2,(H,10,11). The molecule has 0 aromatic heterocycles. The van der Waals surface area contributed by atoms with E-state index in [9.17, 15) is 13.6 Å². The minimum Gasteiger partial charge on any atom is -0.475 e. The van der Waals surface area contributed by atoms with Crippen LogP contribution in [0.2, 0.25) is 0 Å². The number of carboxylic acid groups (broad SMARTS) is 1. The van der Waals surface area contributed by atoms with Gasteiger partial charge in [-0.1, -0.05) is 12.8 Å². The van der Waals surface area contributed by atoms with E-state index >= 15 is 0 Å². The molecule has 3 nitrogen and oxygen atoms in total. The molecule has 0 aromatic rings. The predicted molar refractivity (Wildman–Crippen MR) is 35.9 cm³/mol. The average molecular weight is 180 g/mol. The predicted octanol–water partition coefficient (Wildman–Crippen LogP) is 1.48. The SMILES string of the molecule is O=C(O)C(F)(F)OCCC1CC1. The second-order valence-electron chi connectivity index (χ2n) is 2.90. The number of aliphatic carboxylic acids is 1. The van der Waals surface area contributed by atoms with Gasteiger partial charge in [0.1, 0.15) is 0 Å². The molecule has 12 heavy (non-hydrogen) atoms. The van der Waals surface area contributed by atoms with Crippen LogP contribution < -0.4 is 0 Å². The van der Waals surface area contributed by atoms with E-state index in [-0.39, 0.29) is 6.61 Å². The molecule has 1 rings (SSSR count). The Labute approximate surface area is 68.3 Å². The van der Waals surface area contributed by atoms with Gasteiger partial charge in [0.25, 0.3) is 0 Å². The van der Waals surface area contributed by atoms with Crippen molar-refractivity contribution in [3.8, 4) is 0 Å². The number of carboxylic acids is 1. The van der Waals surface area contributed by atoms with Crippen LogP contribution in [0.25, 0.3) is 0 Å². The summed E-state index contributed by atoms with van der Waals surface area (Å²) in [5.41, 5.74) is 0. The van der Waals surface area contributed by atoms with Gasteiger partial charge in [0.05, 0.1) is 6.61 Å². The van der Waals surface area contributed by atoms with Gasteiger partial charge < -0.3 is 9.84 Å². The molecule has 0 atom stereocenters. The smallest absolute Gasteiger partial charge is 0.455 e. The van der Waals surface area contributed by atoms with Gasteiger partial charge in [0, 0.05) is 0 Å². The number of carbonyl (C=O) groups is 1. The first kappa shape index (κ1) is 9.38. The number of ether oxygens (including phenoxy) is 1. The van der Waals surface area contributed by atoms with Crippen molar-refractivity contribution in [2.45, 2.75) is 25.4 Å². The van der Waals surface area contributed by atoms with E-state index in [1.807, 2.05) is 0 Å². The quantitative estimate of drug-likeness (QED) is 0.697. The lowest BCUT2D eigenvalue weighted by atomic mass is 10.3. The van der Waals surface area contributed by atoms with Gasteiger partial charge in [-0.15, -0.1) is 0 Å². The Balaban J connectivity index is 2.14. The molecule has 0 amide bonds. The zero-order chi connectivity index (χ0) is 9.19. The van der Waals surface area contributed by atoms with E-state index in [1.54, 1.807) is 0 Å². The van der Waals surface area contributed by atoms with E-state index in [1.165, 1.54) is 0 Å². The van der Waals surface area contributed by atoms with Gasteiger partial charge in [-0.25, -0.2) is 4.79 Å². The second-order valence-corrected chi connectivity index (χ2v) is 2.90. The lowest BCUT2D eigenvalue weighted by molar-refractivity contribution is -0.246. The summed E-state index contributed by atoms with van der Waals surface area (Å²) < 4.78 is 28.3. The van der Waals surface area contributed by atoms with Crippen LogP contribution in [0.5, 0.6) is 0 Å². The molecule has 0 radical (unpaired) electrons. The lowest BCUT2D eigenvalue weighted by Crippen LogP contribution is -2.31. The second kappa shape index (κ2) is 3.35. The van der Waals surface area contributed by atoms with E-state index < -0.39 is 12.1 Å². The lowest BCUT2D eigenvalue weighted by Gasteiger charge is -2.10. The van der Waals surface area contributed by atoms with Gasteiger partial charge in [0.15, 0.2) is 0 Å². The maximum atomic E-state index is 12.2. The summed E-state index contributed by atoms with van der Waals surface area (Å²) in [4.78, 5) is 9.84. The first-order valence-corrected chi connectivity index (χ1v) is 3.77. The van der Waals surface area contributed by atoms with Crippen molar-refractivity contribution in [1.82, 2.24) is 0 Å². The number of hydrogen-bond donors (Lipinski definition) is 1. The van der Waals surface area contributed by atoms with Gasteiger partial charge >= 0.3 is 12.1 Å². The van der Waals surface area contributed by atoms with Crippen LogP contribution in [0.4, 0.5) is 8.78 Å². The average Bonchev–Trinajstić information content (AvgIpc) is 2.70. The number of halogens is 2. The molecule has 0 aromatic carbocycles. The van der Waals surface area contributed by atoms with Gasteiger partial charge in [-0.05, 0) is 12.3 Å². The monoisotopic (exact) mass is 180 g/mol. The van der Waals surface area contributed by atoms with Gasteiger partial charge in [-0.3, -0.25) is 0 Å². The van der Waals surface area contributed by atoms with Crippen molar-refractivity contribution in [2.24, 2.45) is 5.92 Å². The molecule has 0 aliphatic heterocycles. The first-order chi connectivity index (χ1) is 5.52. The maximum Gasteiger partial charge on any atom is 0.455 e. The molecule has 70 valence electrons. The Bertz CT molecular complexity index is 177. The van der Waals surface area contributed by atoms with Crippen molar-refractivity contribution in [1.29, 1.82) is 0 Å². The first-order valence-electron chi connectivity index (χ1n) is 3.77. The molecule has 1 N–H and O–H groups in total. The van der Waals surface area contributed by atoms with Crippen molar-refractivity contribution in [2.75, 3.05) is 6.61 Å². The Morgan fingerprint density at radius 3 is 2.58 bits per heavy atom. The number of alkyl halides is 2. The highest BCUT2D eigenvalue weighted by Gasteiger charge is 2.40. The van der Waals surface area contributed by atoms with Crippen LogP contribution in [0.3, 0.4) is 0 Å². The molecule has 0 unspecified atom stereocenters. The molecule has 5 heteroatoms. The van der Waals surface area contributed by atoms with Crippen LogP contribution >= 0.6 is 0 Å². The molecular weight excluding hydrogens is 170 g/mol. The highest BCUT2D eigenvalue weighted by atomic mass is 19.3. The molecule has 1 saturated carbocycles. The molecular formula is C7H10F2O3. The summed E-state index contributed by atoms with van der Waals surface area (Å²) in [7, 11) is 0. The summed E-state index contributed by atoms with van der Waals surface area (Å²) in [5.74, 6) is -1.76. The fourth-order valence-corrected chi connectivity index (χ4v) is 0.822. The molecule has 0 heterocycles. The Morgan fingerprint density at radius 1 is 1.58 bits per heavy atom. The van der Waals surface area contributed by atoms with Gasteiger partial charge in [0.2, 0.25) is 0 Å². The molecule has 0 spiro atoms. The largest absolute Gasteiger partial charge is 0.475 e. The molecule has 1 aliphatic rings. The van der Waals surface area contributed by atoms with E-state index in [4.69, 9.17) is 5.11 Å². The fraction of sp³-hybridized carbons (Fsp3) is 0.857. The minimum absolute atomic E-state index is 0.177. The molecule has 0 bridgehead atoms. The summed E-state index contributed by atoms with van der Waals surface area (Å²) in [6, 6.07) is 0. The van der Waals surface area contributed by atoms with Crippen molar-refractivity contribution >= 4 is 5.97 Å². The van der Waals surface area contributed by atoms with Gasteiger partial charge in [-0.2, -0.15) is 8.78 Å². The highest BCUT2D eigenvalue weighted by Crippen LogP contribution is 2.32. The molecule has 1 fully saturated rings. The topological polar surface area (TPSA) is 46.5 Å². The highest BCUT2D eigenvalue weighted by molar-refractivity contribution is 5.73. The van der Waals surface area contributed by atoms with Crippen LogP contribution in [0, 0.1) is 5.92 Å². The van der Waals surface area contributed by atoms with Crippen LogP contribution in [-0.2, 0) is 9.53 Å². The summed E-state index contributed by atoms with van der Waals surface area (Å²) in [5, 5.41) is 7.95. The molecule has 1 aliphatic carbocycles. The minimum atomic E-state index is -4.02. The third-order valence-electron chi connectivity index (χ3n) is 1.76. The zero-order valence-electron chi connectivity index (χ0n) is 6.43. The zero-order valence-corrected chi connectivity index (χ0v) is 6.43. The van der Waals surface area contributed by atoms with Crippen LogP contribution in [-0.4, -0.2) is 23.8 Å². The number of hydrogen-bond acceptors (Lipinski definition) is 2. The van der Waals surface area contributed by atoms with E-state index in [0.717, 1.165) is 12.8 Å². The van der Waals surface area contributed by atoms with Crippen LogP contribution in [0.15, 0.2) is 0 Å². The third kappa shape index (κ3) is 2.73. The Hall–Kier alpha value is -0.710. The number of rotatable bonds is 5. The Morgan fingerprint density at radius 2 is 2.17 bits per heavy atom. The summed E-state index contributed by atoms with van der Waals surface area (Å²) in [6.07, 6.45) is -1.40. The van der Waals surface area contributed by atoms with Crippen LogP contribution in [0.1, 0.15) is 19.3 Å². The third-order valence-corrected chi connectivity index (χ3v) is 1.76. The van der Waals surface area contributed by atoms with E-state index in [0.29, 0.717) is 12.3 Å². The van der Waals surface area contributed by atoms with Crippen molar-refractivity contribution < 1.29 is 23.4 Å².